The average molecular weight is 292 g/mol. The van der Waals surface area contributed by atoms with E-state index < -0.39 is 0 Å². The van der Waals surface area contributed by atoms with Gasteiger partial charge < -0.3 is 5.11 Å². The van der Waals surface area contributed by atoms with Crippen LogP contribution in [0.5, 0.6) is 0 Å². The molecule has 3 nitrogen and oxygen atoms in total. The van der Waals surface area contributed by atoms with E-state index in [1.54, 1.807) is 11.3 Å². The van der Waals surface area contributed by atoms with E-state index in [1.165, 1.54) is 4.88 Å². The summed E-state index contributed by atoms with van der Waals surface area (Å²) in [6.45, 7) is 9.04. The van der Waals surface area contributed by atoms with Gasteiger partial charge in [0.15, 0.2) is 0 Å². The Morgan fingerprint density at radius 2 is 2.20 bits per heavy atom. The van der Waals surface area contributed by atoms with Gasteiger partial charge in [-0.05, 0) is 32.3 Å². The van der Waals surface area contributed by atoms with Gasteiger partial charge in [0.1, 0.15) is 0 Å². The van der Waals surface area contributed by atoms with Crippen LogP contribution >= 0.6 is 11.3 Å². The minimum Gasteiger partial charge on any atom is -0.395 e. The quantitative estimate of drug-likeness (QED) is 0.863. The number of aliphatic hydroxyl groups is 1. The number of piperazine rings is 1. The van der Waals surface area contributed by atoms with E-state index in [4.69, 9.17) is 5.11 Å². The summed E-state index contributed by atoms with van der Waals surface area (Å²) >= 11 is 1.78. The summed E-state index contributed by atoms with van der Waals surface area (Å²) < 4.78 is 0. The fourth-order valence-electron chi connectivity index (χ4n) is 2.47. The number of hydrogen-bond acceptors (Lipinski definition) is 4. The van der Waals surface area contributed by atoms with Crippen LogP contribution in [-0.2, 0) is 6.54 Å². The Morgan fingerprint density at radius 3 is 2.90 bits per heavy atom. The van der Waals surface area contributed by atoms with Crippen molar-refractivity contribution in [2.24, 2.45) is 0 Å². The average Bonchev–Trinajstić information content (AvgIpc) is 2.81. The first-order chi connectivity index (χ1) is 9.53. The normalized spacial score (nSPS) is 19.6. The fourth-order valence-corrected chi connectivity index (χ4v) is 3.34. The van der Waals surface area contributed by atoms with E-state index in [0.717, 1.165) is 31.7 Å². The smallest absolute Gasteiger partial charge is 0.0540 e. The maximum atomic E-state index is 8.79. The summed E-state index contributed by atoms with van der Waals surface area (Å²) in [5.41, 5.74) is 1.36. The highest BCUT2D eigenvalue weighted by atomic mass is 32.1. The predicted octanol–water partition coefficient (Wildman–Crippen LogP) is 2.01. The zero-order chi connectivity index (χ0) is 14.6. The van der Waals surface area contributed by atoms with Crippen molar-refractivity contribution in [3.63, 3.8) is 0 Å². The Bertz CT molecular complexity index is 498. The van der Waals surface area contributed by atoms with Crippen LogP contribution in [0.2, 0.25) is 0 Å². The minimum atomic E-state index is 0.138. The summed E-state index contributed by atoms with van der Waals surface area (Å²) in [6.07, 6.45) is 0.552. The summed E-state index contributed by atoms with van der Waals surface area (Å²) in [5.74, 6) is 6.19. The molecule has 0 radical (unpaired) electrons. The molecule has 0 aliphatic carbocycles. The van der Waals surface area contributed by atoms with Crippen LogP contribution in [0.4, 0.5) is 0 Å². The third kappa shape index (κ3) is 3.83. The molecule has 0 bridgehead atoms. The van der Waals surface area contributed by atoms with E-state index in [0.29, 0.717) is 6.42 Å². The Morgan fingerprint density at radius 1 is 1.40 bits per heavy atom. The molecular formula is C16H24N2OS. The van der Waals surface area contributed by atoms with Gasteiger partial charge in [0, 0.05) is 48.6 Å². The third-order valence-corrected chi connectivity index (χ3v) is 4.87. The molecule has 1 saturated heterocycles. The predicted molar refractivity (Wildman–Crippen MR) is 84.9 cm³/mol. The van der Waals surface area contributed by atoms with E-state index in [2.05, 4.69) is 54.0 Å². The monoisotopic (exact) mass is 292 g/mol. The number of nitrogens with zero attached hydrogens (tertiary/aromatic N) is 2. The topological polar surface area (TPSA) is 26.7 Å². The molecule has 1 N–H and O–H groups in total. The Balaban J connectivity index is 2.01. The lowest BCUT2D eigenvalue weighted by Gasteiger charge is -2.45. The molecule has 1 aliphatic heterocycles. The lowest BCUT2D eigenvalue weighted by atomic mass is 9.99. The Hall–Kier alpha value is -0.860. The molecule has 1 fully saturated rings. The van der Waals surface area contributed by atoms with Crippen LogP contribution < -0.4 is 0 Å². The number of hydrogen-bond donors (Lipinski definition) is 1. The lowest BCUT2D eigenvalue weighted by Crippen LogP contribution is -2.57. The minimum absolute atomic E-state index is 0.138. The molecule has 0 spiro atoms. The molecule has 1 aliphatic rings. The molecule has 4 heteroatoms. The highest BCUT2D eigenvalue weighted by Crippen LogP contribution is 2.23. The van der Waals surface area contributed by atoms with Crippen molar-refractivity contribution in [3.8, 4) is 11.8 Å². The molecule has 0 unspecified atom stereocenters. The number of rotatable bonds is 3. The maximum Gasteiger partial charge on any atom is 0.0540 e. The molecule has 0 saturated carbocycles. The standard InChI is InChI=1S/C16H24N2OS/c1-16(2)13-18(9-8-17(16)3)12-15-14(7-11-20-15)6-4-5-10-19/h7,11,19H,5,8-10,12-13H2,1-3H3. The van der Waals surface area contributed by atoms with Crippen LogP contribution in [0, 0.1) is 11.8 Å². The summed E-state index contributed by atoms with van der Waals surface area (Å²) in [4.78, 5) is 6.29. The van der Waals surface area contributed by atoms with Crippen molar-refractivity contribution in [1.82, 2.24) is 9.80 Å². The summed E-state index contributed by atoms with van der Waals surface area (Å²) in [5, 5.41) is 10.9. The van der Waals surface area contributed by atoms with Gasteiger partial charge in [-0.3, -0.25) is 9.80 Å². The van der Waals surface area contributed by atoms with Gasteiger partial charge in [-0.25, -0.2) is 0 Å². The van der Waals surface area contributed by atoms with Crippen molar-refractivity contribution in [3.05, 3.63) is 21.9 Å². The van der Waals surface area contributed by atoms with Crippen molar-refractivity contribution < 1.29 is 5.11 Å². The second-order valence-corrected chi connectivity index (χ2v) is 6.98. The molecule has 0 aromatic carbocycles. The molecular weight excluding hydrogens is 268 g/mol. The van der Waals surface area contributed by atoms with Crippen molar-refractivity contribution >= 4 is 11.3 Å². The van der Waals surface area contributed by atoms with Crippen LogP contribution in [0.3, 0.4) is 0 Å². The van der Waals surface area contributed by atoms with Gasteiger partial charge in [-0.1, -0.05) is 11.8 Å². The highest BCUT2D eigenvalue weighted by molar-refractivity contribution is 7.10. The molecule has 2 heterocycles. The Kier molecular flexibility index (Phi) is 5.22. The molecule has 0 atom stereocenters. The van der Waals surface area contributed by atoms with Crippen LogP contribution in [0.1, 0.15) is 30.7 Å². The first-order valence-corrected chi connectivity index (χ1v) is 8.00. The molecule has 0 amide bonds. The first-order valence-electron chi connectivity index (χ1n) is 7.12. The van der Waals surface area contributed by atoms with Gasteiger partial charge in [0.25, 0.3) is 0 Å². The fraction of sp³-hybridized carbons (Fsp3) is 0.625. The van der Waals surface area contributed by atoms with Crippen LogP contribution in [0.25, 0.3) is 0 Å². The molecule has 2 rings (SSSR count). The second-order valence-electron chi connectivity index (χ2n) is 5.98. The van der Waals surface area contributed by atoms with Gasteiger partial charge in [-0.2, -0.15) is 0 Å². The number of thiophene rings is 1. The van der Waals surface area contributed by atoms with Gasteiger partial charge in [0.2, 0.25) is 0 Å². The highest BCUT2D eigenvalue weighted by Gasteiger charge is 2.31. The molecule has 1 aromatic heterocycles. The summed E-state index contributed by atoms with van der Waals surface area (Å²) in [6, 6.07) is 2.09. The maximum absolute atomic E-state index is 8.79. The molecule has 1 aromatic rings. The molecule has 20 heavy (non-hydrogen) atoms. The van der Waals surface area contributed by atoms with E-state index in [1.807, 2.05) is 0 Å². The van der Waals surface area contributed by atoms with E-state index >= 15 is 0 Å². The van der Waals surface area contributed by atoms with Crippen molar-refractivity contribution in [2.45, 2.75) is 32.4 Å². The lowest BCUT2D eigenvalue weighted by molar-refractivity contribution is 0.0365. The van der Waals surface area contributed by atoms with Crippen molar-refractivity contribution in [2.75, 3.05) is 33.3 Å². The number of likely N-dealkylation sites (N-methyl/N-ethyl adjacent to an activating group) is 1. The Labute approximate surface area is 126 Å². The zero-order valence-corrected chi connectivity index (χ0v) is 13.5. The molecule has 110 valence electrons. The SMILES string of the molecule is CN1CCN(Cc2sccc2C#CCCO)CC1(C)C. The second kappa shape index (κ2) is 6.73. The van der Waals surface area contributed by atoms with Gasteiger partial charge in [0.05, 0.1) is 6.61 Å². The first kappa shape index (κ1) is 15.5. The van der Waals surface area contributed by atoms with E-state index in [9.17, 15) is 0 Å². The van der Waals surface area contributed by atoms with Gasteiger partial charge >= 0.3 is 0 Å². The largest absolute Gasteiger partial charge is 0.395 e. The summed E-state index contributed by atoms with van der Waals surface area (Å²) in [7, 11) is 2.20. The van der Waals surface area contributed by atoms with E-state index in [-0.39, 0.29) is 12.1 Å². The van der Waals surface area contributed by atoms with Crippen LogP contribution in [0.15, 0.2) is 11.4 Å². The van der Waals surface area contributed by atoms with Crippen LogP contribution in [-0.4, -0.2) is 53.7 Å². The number of aliphatic hydroxyl groups excluding tert-OH is 1. The third-order valence-electron chi connectivity index (χ3n) is 3.97. The van der Waals surface area contributed by atoms with Gasteiger partial charge in [-0.15, -0.1) is 11.3 Å². The zero-order valence-electron chi connectivity index (χ0n) is 12.6. The van der Waals surface area contributed by atoms with Crippen molar-refractivity contribution in [1.29, 1.82) is 0 Å².